The van der Waals surface area contributed by atoms with Gasteiger partial charge in [-0.15, -0.1) is 0 Å². The largest absolute Gasteiger partial charge is 0.491 e. The number of hydrogen-bond acceptors (Lipinski definition) is 4. The Hall–Kier alpha value is -4.06. The van der Waals surface area contributed by atoms with Crippen molar-refractivity contribution in [2.24, 2.45) is 0 Å². The van der Waals surface area contributed by atoms with Crippen LogP contribution in [0.5, 0.6) is 11.5 Å². The van der Waals surface area contributed by atoms with Gasteiger partial charge in [-0.2, -0.15) is 0 Å². The monoisotopic (exact) mass is 441 g/mol. The second kappa shape index (κ2) is 10.5. The van der Waals surface area contributed by atoms with Crippen LogP contribution in [0.3, 0.4) is 0 Å². The molecule has 0 saturated carbocycles. The fourth-order valence-corrected chi connectivity index (χ4v) is 3.61. The number of amides is 1. The van der Waals surface area contributed by atoms with E-state index in [4.69, 9.17) is 9.47 Å². The Labute approximate surface area is 193 Å². The van der Waals surface area contributed by atoms with Crippen LogP contribution in [0.25, 0.3) is 11.3 Å². The summed E-state index contributed by atoms with van der Waals surface area (Å²) in [6.45, 7) is 5.29. The van der Waals surface area contributed by atoms with Crippen molar-refractivity contribution in [3.05, 3.63) is 96.4 Å². The van der Waals surface area contributed by atoms with Crippen LogP contribution in [0.1, 0.15) is 17.7 Å². The molecule has 6 heteroatoms. The molecule has 1 N–H and O–H groups in total. The van der Waals surface area contributed by atoms with E-state index >= 15 is 0 Å². The minimum Gasteiger partial charge on any atom is -0.491 e. The second-order valence-corrected chi connectivity index (χ2v) is 7.72. The van der Waals surface area contributed by atoms with Gasteiger partial charge in [0, 0.05) is 17.8 Å². The molecule has 0 spiro atoms. The number of nitrogens with one attached hydrogen (secondary N) is 1. The highest BCUT2D eigenvalue weighted by Gasteiger charge is 2.13. The molecule has 0 unspecified atom stereocenters. The highest BCUT2D eigenvalue weighted by molar-refractivity contribution is 5.89. The molecule has 4 rings (SSSR count). The molecular formula is C27H27N3O3. The number of aromatic nitrogens is 2. The van der Waals surface area contributed by atoms with Gasteiger partial charge in [-0.05, 0) is 44.0 Å². The molecule has 0 aliphatic carbocycles. The molecule has 0 atom stereocenters. The quantitative estimate of drug-likeness (QED) is 0.328. The van der Waals surface area contributed by atoms with Crippen molar-refractivity contribution in [2.45, 2.75) is 26.8 Å². The highest BCUT2D eigenvalue weighted by Crippen LogP contribution is 2.29. The number of nitrogens with zero attached hydrogens (tertiary/aromatic N) is 2. The van der Waals surface area contributed by atoms with Gasteiger partial charge in [0.1, 0.15) is 11.5 Å². The maximum Gasteiger partial charge on any atom is 0.417 e. The summed E-state index contributed by atoms with van der Waals surface area (Å²) in [4.78, 5) is 16.9. The predicted octanol–water partition coefficient (Wildman–Crippen LogP) is 6.25. The third-order valence-electron chi connectivity index (χ3n) is 5.36. The molecule has 0 aliphatic heterocycles. The van der Waals surface area contributed by atoms with Gasteiger partial charge in [0.15, 0.2) is 0 Å². The van der Waals surface area contributed by atoms with Gasteiger partial charge in [-0.3, -0.25) is 5.32 Å². The summed E-state index contributed by atoms with van der Waals surface area (Å²) in [5.41, 5.74) is 4.75. The number of carbonyl (C=O) groups excluding carboxylic acids is 1. The lowest BCUT2D eigenvalue weighted by molar-refractivity contribution is 0.215. The van der Waals surface area contributed by atoms with E-state index in [1.165, 1.54) is 0 Å². The number of hydrogen-bond donors (Lipinski definition) is 1. The molecule has 4 aromatic rings. The summed E-state index contributed by atoms with van der Waals surface area (Å²) >= 11 is 0. The number of benzene rings is 3. The van der Waals surface area contributed by atoms with Gasteiger partial charge in [0.2, 0.25) is 0 Å². The Morgan fingerprint density at radius 1 is 0.939 bits per heavy atom. The lowest BCUT2D eigenvalue weighted by atomic mass is 10.1. The normalized spacial score (nSPS) is 10.6. The fraction of sp³-hybridized carbons (Fsp3) is 0.185. The zero-order valence-corrected chi connectivity index (χ0v) is 18.8. The lowest BCUT2D eigenvalue weighted by Crippen LogP contribution is -2.18. The summed E-state index contributed by atoms with van der Waals surface area (Å²) in [6, 6.07) is 24.8. The van der Waals surface area contributed by atoms with Crippen molar-refractivity contribution in [1.82, 2.24) is 9.55 Å². The molecule has 3 aromatic carbocycles. The summed E-state index contributed by atoms with van der Waals surface area (Å²) in [6.07, 6.45) is 2.12. The van der Waals surface area contributed by atoms with Crippen molar-refractivity contribution in [3.8, 4) is 22.8 Å². The average Bonchev–Trinajstić information content (AvgIpc) is 3.20. The SMILES string of the molecule is Cc1cccc(OCCCn2cnc(-c3ccccc3)c2C)c1NC(=O)Oc1ccccc1. The number of aryl methyl sites for hydroxylation is 2. The molecule has 1 amide bonds. The van der Waals surface area contributed by atoms with Gasteiger partial charge in [-0.25, -0.2) is 9.78 Å². The number of para-hydroxylation sites is 2. The van der Waals surface area contributed by atoms with Crippen molar-refractivity contribution in [1.29, 1.82) is 0 Å². The second-order valence-electron chi connectivity index (χ2n) is 7.72. The fourth-order valence-electron chi connectivity index (χ4n) is 3.61. The molecule has 33 heavy (non-hydrogen) atoms. The van der Waals surface area contributed by atoms with Gasteiger partial charge < -0.3 is 14.0 Å². The van der Waals surface area contributed by atoms with Crippen LogP contribution in [-0.2, 0) is 6.54 Å². The van der Waals surface area contributed by atoms with Crippen LogP contribution in [0.4, 0.5) is 10.5 Å². The molecule has 0 aliphatic rings. The van der Waals surface area contributed by atoms with E-state index < -0.39 is 6.09 Å². The van der Waals surface area contributed by atoms with E-state index in [-0.39, 0.29) is 0 Å². The molecule has 0 saturated heterocycles. The molecule has 1 heterocycles. The van der Waals surface area contributed by atoms with Crippen molar-refractivity contribution in [3.63, 3.8) is 0 Å². The molecule has 0 bridgehead atoms. The zero-order valence-electron chi connectivity index (χ0n) is 18.8. The van der Waals surface area contributed by atoms with E-state index in [9.17, 15) is 4.79 Å². The van der Waals surface area contributed by atoms with Crippen molar-refractivity contribution in [2.75, 3.05) is 11.9 Å². The maximum absolute atomic E-state index is 12.4. The van der Waals surface area contributed by atoms with Gasteiger partial charge in [-0.1, -0.05) is 60.7 Å². The van der Waals surface area contributed by atoms with E-state index in [1.807, 2.05) is 67.8 Å². The first-order valence-electron chi connectivity index (χ1n) is 11.0. The first-order chi connectivity index (χ1) is 16.1. The van der Waals surface area contributed by atoms with E-state index in [0.29, 0.717) is 23.8 Å². The number of imidazole rings is 1. The summed E-state index contributed by atoms with van der Waals surface area (Å²) in [7, 11) is 0. The number of ether oxygens (including phenoxy) is 2. The van der Waals surface area contributed by atoms with Gasteiger partial charge in [0.05, 0.1) is 24.3 Å². The van der Waals surface area contributed by atoms with Crippen LogP contribution in [0.2, 0.25) is 0 Å². The summed E-state index contributed by atoms with van der Waals surface area (Å²) in [5.74, 6) is 1.10. The Balaban J connectivity index is 1.34. The molecule has 168 valence electrons. The Morgan fingerprint density at radius 3 is 2.42 bits per heavy atom. The minimum atomic E-state index is -0.553. The van der Waals surface area contributed by atoms with E-state index in [0.717, 1.165) is 35.5 Å². The Bertz CT molecular complexity index is 1200. The first-order valence-corrected chi connectivity index (χ1v) is 11.0. The number of anilines is 1. The average molecular weight is 442 g/mol. The summed E-state index contributed by atoms with van der Waals surface area (Å²) < 4.78 is 13.5. The van der Waals surface area contributed by atoms with E-state index in [1.54, 1.807) is 12.1 Å². The minimum absolute atomic E-state index is 0.483. The third-order valence-corrected chi connectivity index (χ3v) is 5.36. The zero-order chi connectivity index (χ0) is 23.0. The lowest BCUT2D eigenvalue weighted by Gasteiger charge is -2.15. The molecule has 1 aromatic heterocycles. The van der Waals surface area contributed by atoms with Gasteiger partial charge in [0.25, 0.3) is 0 Å². The molecule has 6 nitrogen and oxygen atoms in total. The van der Waals surface area contributed by atoms with Crippen LogP contribution in [-0.4, -0.2) is 22.3 Å². The van der Waals surface area contributed by atoms with Crippen LogP contribution in [0.15, 0.2) is 85.2 Å². The van der Waals surface area contributed by atoms with Gasteiger partial charge >= 0.3 is 6.09 Å². The predicted molar refractivity (Wildman–Crippen MR) is 130 cm³/mol. The number of carbonyl (C=O) groups is 1. The number of rotatable bonds is 8. The third kappa shape index (κ3) is 5.60. The van der Waals surface area contributed by atoms with Crippen LogP contribution >= 0.6 is 0 Å². The molecule has 0 radical (unpaired) electrons. The molecule has 0 fully saturated rings. The first kappa shape index (κ1) is 22.1. The van der Waals surface area contributed by atoms with Crippen molar-refractivity contribution >= 4 is 11.8 Å². The maximum atomic E-state index is 12.4. The standard InChI is InChI=1S/C27H27N3O3/c1-20-11-9-16-24(25(20)29-27(31)33-23-14-7-4-8-15-23)32-18-10-17-30-19-28-26(21(30)2)22-12-5-3-6-13-22/h3-9,11-16,19H,10,17-18H2,1-2H3,(H,29,31). The van der Waals surface area contributed by atoms with Crippen LogP contribution in [0, 0.1) is 13.8 Å². The highest BCUT2D eigenvalue weighted by atomic mass is 16.6. The smallest absolute Gasteiger partial charge is 0.417 e. The van der Waals surface area contributed by atoms with Crippen LogP contribution < -0.4 is 14.8 Å². The molecular weight excluding hydrogens is 414 g/mol. The summed E-state index contributed by atoms with van der Waals surface area (Å²) in [5, 5.41) is 2.82. The topological polar surface area (TPSA) is 65.4 Å². The van der Waals surface area contributed by atoms with Crippen molar-refractivity contribution < 1.29 is 14.3 Å². The van der Waals surface area contributed by atoms with E-state index in [2.05, 4.69) is 33.9 Å². The Kier molecular flexibility index (Phi) is 7.05. The Morgan fingerprint density at radius 2 is 1.67 bits per heavy atom.